The van der Waals surface area contributed by atoms with E-state index in [1.54, 1.807) is 0 Å². The molecule has 0 spiro atoms. The highest BCUT2D eigenvalue weighted by Gasteiger charge is 2.59. The van der Waals surface area contributed by atoms with Gasteiger partial charge in [0.25, 0.3) is 0 Å². The Morgan fingerprint density at radius 3 is 2.21 bits per heavy atom. The average Bonchev–Trinajstić information content (AvgIpc) is 2.80. The highest BCUT2D eigenvalue weighted by molar-refractivity contribution is 5.12. The van der Waals surface area contributed by atoms with E-state index < -0.39 is 0 Å². The predicted octanol–water partition coefficient (Wildman–Crippen LogP) is 4.76. The summed E-state index contributed by atoms with van der Waals surface area (Å²) in [5.74, 6) is 0.967. The molecule has 1 heteroatoms. The maximum absolute atomic E-state index is 4.05. The first-order chi connectivity index (χ1) is 8.86. The molecule has 1 nitrogen and oxygen atoms in total. The van der Waals surface area contributed by atoms with Crippen molar-refractivity contribution >= 4 is 0 Å². The van der Waals surface area contributed by atoms with Gasteiger partial charge in [-0.25, -0.2) is 0 Å². The maximum atomic E-state index is 4.05. The zero-order valence-corrected chi connectivity index (χ0v) is 13.5. The molecular weight excluding hydrogens is 230 g/mol. The molecule has 19 heavy (non-hydrogen) atoms. The van der Waals surface area contributed by atoms with E-state index in [0.717, 1.165) is 12.0 Å². The Balaban J connectivity index is 1.66. The molecule has 3 rings (SSSR count). The summed E-state index contributed by atoms with van der Waals surface area (Å²) in [5, 5.41) is 4.05. The van der Waals surface area contributed by atoms with E-state index in [-0.39, 0.29) is 0 Å². The number of hydrogen-bond donors (Lipinski definition) is 1. The second-order valence-corrected chi connectivity index (χ2v) is 9.10. The first-order valence-electron chi connectivity index (χ1n) is 8.59. The second-order valence-electron chi connectivity index (χ2n) is 9.10. The fraction of sp³-hybridized carbons (Fsp3) is 1.00. The minimum Gasteiger partial charge on any atom is -0.312 e. The predicted molar refractivity (Wildman–Crippen MR) is 82.2 cm³/mol. The zero-order chi connectivity index (χ0) is 13.7. The van der Waals surface area contributed by atoms with Crippen molar-refractivity contribution in [3.63, 3.8) is 0 Å². The van der Waals surface area contributed by atoms with Gasteiger partial charge in [-0.1, -0.05) is 47.0 Å². The van der Waals surface area contributed by atoms with Gasteiger partial charge in [0, 0.05) is 12.6 Å². The lowest BCUT2D eigenvalue weighted by atomic mass is 9.67. The maximum Gasteiger partial charge on any atom is 0.0175 e. The van der Waals surface area contributed by atoms with Gasteiger partial charge < -0.3 is 5.32 Å². The van der Waals surface area contributed by atoms with Crippen molar-refractivity contribution in [2.45, 2.75) is 85.1 Å². The molecule has 3 aliphatic rings. The van der Waals surface area contributed by atoms with Gasteiger partial charge in [0.15, 0.2) is 0 Å². The van der Waals surface area contributed by atoms with Crippen LogP contribution in [-0.2, 0) is 0 Å². The van der Waals surface area contributed by atoms with Crippen LogP contribution in [0.3, 0.4) is 0 Å². The van der Waals surface area contributed by atoms with Crippen molar-refractivity contribution in [1.29, 1.82) is 0 Å². The molecule has 0 aromatic rings. The molecule has 1 N–H and O–H groups in total. The lowest BCUT2D eigenvalue weighted by molar-refractivity contribution is 0.0887. The molecule has 0 heterocycles. The third-order valence-electron chi connectivity index (χ3n) is 7.06. The Bertz CT molecular complexity index is 335. The summed E-state index contributed by atoms with van der Waals surface area (Å²) >= 11 is 0. The van der Waals surface area contributed by atoms with E-state index in [0.29, 0.717) is 16.2 Å². The van der Waals surface area contributed by atoms with Crippen LogP contribution in [0.25, 0.3) is 0 Å². The van der Waals surface area contributed by atoms with E-state index >= 15 is 0 Å². The highest BCUT2D eigenvalue weighted by atomic mass is 15.0. The second kappa shape index (κ2) is 4.48. The Hall–Kier alpha value is -0.0400. The van der Waals surface area contributed by atoms with Crippen LogP contribution in [-0.4, -0.2) is 12.6 Å². The van der Waals surface area contributed by atoms with Gasteiger partial charge in [-0.3, -0.25) is 0 Å². The van der Waals surface area contributed by atoms with Gasteiger partial charge in [-0.15, -0.1) is 0 Å². The van der Waals surface area contributed by atoms with E-state index in [9.17, 15) is 0 Å². The lowest BCUT2D eigenvalue weighted by Gasteiger charge is -2.45. The Morgan fingerprint density at radius 1 is 0.947 bits per heavy atom. The number of nitrogens with one attached hydrogen (secondary N) is 1. The molecule has 0 aliphatic heterocycles. The molecule has 110 valence electrons. The summed E-state index contributed by atoms with van der Waals surface area (Å²) in [6.45, 7) is 11.3. The van der Waals surface area contributed by atoms with Gasteiger partial charge in [0.05, 0.1) is 0 Å². The lowest BCUT2D eigenvalue weighted by Crippen LogP contribution is -2.53. The standard InChI is InChI=1S/C18H33N/c1-16(2)14-8-11-18(4,12-14)15(16)19-13-17(3)9-6-5-7-10-17/h14-15,19H,5-13H2,1-4H3/t14-,15?,18+/m0/s1. The fourth-order valence-electron chi connectivity index (χ4n) is 5.74. The summed E-state index contributed by atoms with van der Waals surface area (Å²) in [4.78, 5) is 0. The molecular formula is C18H33N. The largest absolute Gasteiger partial charge is 0.312 e. The Labute approximate surface area is 119 Å². The van der Waals surface area contributed by atoms with Crippen LogP contribution in [0, 0.1) is 22.2 Å². The van der Waals surface area contributed by atoms with Crippen LogP contribution in [0.1, 0.15) is 79.1 Å². The number of rotatable bonds is 3. The summed E-state index contributed by atoms with van der Waals surface area (Å²) in [5.41, 5.74) is 1.67. The molecule has 0 aromatic carbocycles. The van der Waals surface area contributed by atoms with Gasteiger partial charge >= 0.3 is 0 Å². The van der Waals surface area contributed by atoms with Crippen molar-refractivity contribution in [1.82, 2.24) is 5.32 Å². The molecule has 3 saturated carbocycles. The summed E-state index contributed by atoms with van der Waals surface area (Å²) in [6, 6.07) is 0.748. The van der Waals surface area contributed by atoms with Crippen LogP contribution >= 0.6 is 0 Å². The van der Waals surface area contributed by atoms with E-state index in [2.05, 4.69) is 33.0 Å². The smallest absolute Gasteiger partial charge is 0.0175 e. The molecule has 3 aliphatic carbocycles. The third-order valence-corrected chi connectivity index (χ3v) is 7.06. The van der Waals surface area contributed by atoms with E-state index in [4.69, 9.17) is 0 Å². The summed E-state index contributed by atoms with van der Waals surface area (Å²) < 4.78 is 0. The first kappa shape index (κ1) is 13.9. The van der Waals surface area contributed by atoms with Crippen molar-refractivity contribution in [2.75, 3.05) is 6.54 Å². The van der Waals surface area contributed by atoms with Gasteiger partial charge in [-0.2, -0.15) is 0 Å². The third kappa shape index (κ3) is 2.26. The highest BCUT2D eigenvalue weighted by Crippen LogP contribution is 2.62. The fourth-order valence-corrected chi connectivity index (χ4v) is 5.74. The monoisotopic (exact) mass is 263 g/mol. The first-order valence-corrected chi connectivity index (χ1v) is 8.59. The van der Waals surface area contributed by atoms with Gasteiger partial charge in [0.2, 0.25) is 0 Å². The Morgan fingerprint density at radius 2 is 1.63 bits per heavy atom. The van der Waals surface area contributed by atoms with Crippen LogP contribution < -0.4 is 5.32 Å². The molecule has 3 atom stereocenters. The SMILES string of the molecule is CC1(CNC2C(C)(C)[C@H]3CC[C@]2(C)C3)CCCCC1. The minimum absolute atomic E-state index is 0.512. The molecule has 0 radical (unpaired) electrons. The minimum atomic E-state index is 0.512. The van der Waals surface area contributed by atoms with Crippen molar-refractivity contribution in [2.24, 2.45) is 22.2 Å². The number of hydrogen-bond acceptors (Lipinski definition) is 1. The topological polar surface area (TPSA) is 12.0 Å². The molecule has 0 aromatic heterocycles. The van der Waals surface area contributed by atoms with Crippen LogP contribution in [0.2, 0.25) is 0 Å². The van der Waals surface area contributed by atoms with Crippen molar-refractivity contribution in [3.05, 3.63) is 0 Å². The number of fused-ring (bicyclic) bond motifs is 2. The van der Waals surface area contributed by atoms with Crippen molar-refractivity contribution < 1.29 is 0 Å². The summed E-state index contributed by atoms with van der Waals surface area (Å²) in [7, 11) is 0. The van der Waals surface area contributed by atoms with Gasteiger partial charge in [-0.05, 0) is 54.3 Å². The Kier molecular flexibility index (Phi) is 3.28. The molecule has 0 amide bonds. The molecule has 3 fully saturated rings. The average molecular weight is 263 g/mol. The summed E-state index contributed by atoms with van der Waals surface area (Å²) in [6.07, 6.45) is 11.6. The van der Waals surface area contributed by atoms with Gasteiger partial charge in [0.1, 0.15) is 0 Å². The quantitative estimate of drug-likeness (QED) is 0.774. The zero-order valence-electron chi connectivity index (χ0n) is 13.5. The normalized spacial score (nSPS) is 43.6. The van der Waals surface area contributed by atoms with Crippen LogP contribution in [0.5, 0.6) is 0 Å². The van der Waals surface area contributed by atoms with Crippen molar-refractivity contribution in [3.8, 4) is 0 Å². The van der Waals surface area contributed by atoms with E-state index in [1.807, 2.05) is 0 Å². The molecule has 1 unspecified atom stereocenters. The van der Waals surface area contributed by atoms with Crippen LogP contribution in [0.15, 0.2) is 0 Å². The van der Waals surface area contributed by atoms with E-state index in [1.165, 1.54) is 57.9 Å². The molecule has 0 saturated heterocycles. The van der Waals surface area contributed by atoms with Crippen LogP contribution in [0.4, 0.5) is 0 Å². The molecule has 2 bridgehead atoms.